The number of carbonyl (C=O) groups is 1. The normalized spacial score (nSPS) is 16.3. The quantitative estimate of drug-likeness (QED) is 0.725. The molecule has 0 atom stereocenters. The number of rotatable bonds is 3. The molecule has 0 unspecified atom stereocenters. The monoisotopic (exact) mass is 354 g/mol. The lowest BCUT2D eigenvalue weighted by Gasteiger charge is -2.27. The molecule has 0 bridgehead atoms. The smallest absolute Gasteiger partial charge is 0.334 e. The third-order valence-corrected chi connectivity index (χ3v) is 5.32. The van der Waals surface area contributed by atoms with Gasteiger partial charge in [-0.25, -0.2) is 14.8 Å². The van der Waals surface area contributed by atoms with E-state index in [2.05, 4.69) is 38.4 Å². The maximum Gasteiger partial charge on any atom is 0.334 e. The summed E-state index contributed by atoms with van der Waals surface area (Å²) in [5.74, 6) is 0.564. The van der Waals surface area contributed by atoms with Gasteiger partial charge < -0.3 is 10.1 Å². The summed E-state index contributed by atoms with van der Waals surface area (Å²) in [5.41, 5.74) is 2.99. The molecule has 1 aromatic heterocycles. The maximum atomic E-state index is 11.7. The number of carbonyl (C=O) groups excluding carboxylic acids is 1. The van der Waals surface area contributed by atoms with Crippen molar-refractivity contribution in [1.82, 2.24) is 14.9 Å². The summed E-state index contributed by atoms with van der Waals surface area (Å²) in [6.07, 6.45) is 6.24. The van der Waals surface area contributed by atoms with Crippen molar-refractivity contribution < 1.29 is 9.53 Å². The summed E-state index contributed by atoms with van der Waals surface area (Å²) in [7, 11) is 1.43. The van der Waals surface area contributed by atoms with Gasteiger partial charge in [-0.2, -0.15) is 0 Å². The van der Waals surface area contributed by atoms with Gasteiger partial charge in [-0.1, -0.05) is 23.9 Å². The fraction of sp³-hybridized carbons (Fsp3) is 0.278. The van der Waals surface area contributed by atoms with Crippen LogP contribution in [0, 0.1) is 0 Å². The van der Waals surface area contributed by atoms with E-state index in [4.69, 9.17) is 4.74 Å². The third kappa shape index (κ3) is 3.38. The van der Waals surface area contributed by atoms with E-state index >= 15 is 0 Å². The molecule has 4 rings (SSSR count). The zero-order valence-corrected chi connectivity index (χ0v) is 14.7. The van der Waals surface area contributed by atoms with Crippen molar-refractivity contribution >= 4 is 29.2 Å². The van der Waals surface area contributed by atoms with Gasteiger partial charge in [-0.15, -0.1) is 0 Å². The Morgan fingerprint density at radius 1 is 1.36 bits per heavy atom. The molecule has 0 spiro atoms. The number of nitrogens with zero attached hydrogens (tertiary/aromatic N) is 3. The number of benzene rings is 1. The molecule has 0 amide bonds. The molecular weight excluding hydrogens is 336 g/mol. The zero-order chi connectivity index (χ0) is 17.2. The van der Waals surface area contributed by atoms with Gasteiger partial charge in [-0.3, -0.25) is 4.90 Å². The second-order valence-corrected chi connectivity index (χ2v) is 7.02. The number of hydrogen-bond acceptors (Lipinski definition) is 7. The number of nitrogens with one attached hydrogen (secondary N) is 1. The minimum Gasteiger partial charge on any atom is -0.466 e. The van der Waals surface area contributed by atoms with Crippen molar-refractivity contribution in [2.75, 3.05) is 25.5 Å². The number of ether oxygens (including phenoxy) is 1. The number of anilines is 2. The summed E-state index contributed by atoms with van der Waals surface area (Å²) in [6.45, 7) is 2.36. The first-order valence-corrected chi connectivity index (χ1v) is 8.93. The summed E-state index contributed by atoms with van der Waals surface area (Å²) in [4.78, 5) is 23.8. The highest BCUT2D eigenvalue weighted by molar-refractivity contribution is 7.99. The third-order valence-electron chi connectivity index (χ3n) is 4.25. The van der Waals surface area contributed by atoms with E-state index < -0.39 is 0 Å². The first-order chi connectivity index (χ1) is 12.2. The second kappa shape index (κ2) is 6.85. The van der Waals surface area contributed by atoms with Crippen molar-refractivity contribution in [3.05, 3.63) is 47.8 Å². The zero-order valence-electron chi connectivity index (χ0n) is 13.9. The number of fused-ring (bicyclic) bond motifs is 2. The molecule has 7 heteroatoms. The van der Waals surface area contributed by atoms with Crippen molar-refractivity contribution in [3.63, 3.8) is 0 Å². The predicted octanol–water partition coefficient (Wildman–Crippen LogP) is 2.99. The first kappa shape index (κ1) is 16.1. The van der Waals surface area contributed by atoms with Gasteiger partial charge in [0.05, 0.1) is 12.8 Å². The van der Waals surface area contributed by atoms with Gasteiger partial charge in [0.1, 0.15) is 5.03 Å². The minimum absolute atomic E-state index is 0.233. The topological polar surface area (TPSA) is 67.3 Å². The summed E-state index contributed by atoms with van der Waals surface area (Å²) in [5, 5.41) is 4.25. The Kier molecular flexibility index (Phi) is 4.42. The Hall–Kier alpha value is -2.38. The van der Waals surface area contributed by atoms with Gasteiger partial charge in [0.2, 0.25) is 0 Å². The molecule has 3 heterocycles. The molecule has 1 aromatic carbocycles. The predicted molar refractivity (Wildman–Crippen MR) is 95.9 cm³/mol. The van der Waals surface area contributed by atoms with E-state index in [-0.39, 0.29) is 5.97 Å². The Balaban J connectivity index is 1.48. The molecule has 1 N–H and O–H groups in total. The van der Waals surface area contributed by atoms with E-state index in [0.717, 1.165) is 46.5 Å². The molecule has 2 aliphatic heterocycles. The number of hydrogen-bond donors (Lipinski definition) is 1. The van der Waals surface area contributed by atoms with Crippen LogP contribution in [-0.4, -0.2) is 41.0 Å². The molecule has 2 aliphatic rings. The summed E-state index contributed by atoms with van der Waals surface area (Å²) in [6, 6.07) is 6.39. The summed E-state index contributed by atoms with van der Waals surface area (Å²) < 4.78 is 4.84. The lowest BCUT2D eigenvalue weighted by atomic mass is 10.1. The van der Waals surface area contributed by atoms with Crippen LogP contribution in [0.2, 0.25) is 0 Å². The molecular formula is C18H18N4O2S. The van der Waals surface area contributed by atoms with Crippen molar-refractivity contribution in [1.29, 1.82) is 0 Å². The fourth-order valence-corrected chi connectivity index (χ4v) is 3.94. The van der Waals surface area contributed by atoms with Crippen molar-refractivity contribution in [3.8, 4) is 0 Å². The SMILES string of the molecule is COC(=O)C1=CCCN(Cc2ccc3c(c2)Nc2nccnc2S3)C1. The average molecular weight is 354 g/mol. The van der Waals surface area contributed by atoms with E-state index in [1.165, 1.54) is 12.7 Å². The molecule has 0 radical (unpaired) electrons. The average Bonchev–Trinajstić information content (AvgIpc) is 2.66. The number of aromatic nitrogens is 2. The molecule has 0 saturated carbocycles. The lowest BCUT2D eigenvalue weighted by molar-refractivity contribution is -0.136. The van der Waals surface area contributed by atoms with E-state index in [0.29, 0.717) is 6.54 Å². The van der Waals surface area contributed by atoms with Gasteiger partial charge in [0, 0.05) is 42.5 Å². The standard InChI is InChI=1S/C18H18N4O2S/c1-24-18(23)13-3-2-8-22(11-13)10-12-4-5-15-14(9-12)21-16-17(25-15)20-7-6-19-16/h3-7,9H,2,8,10-11H2,1H3,(H,19,21). The van der Waals surface area contributed by atoms with Crippen LogP contribution in [0.3, 0.4) is 0 Å². The van der Waals surface area contributed by atoms with Crippen LogP contribution >= 0.6 is 11.8 Å². The van der Waals surface area contributed by atoms with Crippen molar-refractivity contribution in [2.45, 2.75) is 22.9 Å². The van der Waals surface area contributed by atoms with Crippen LogP contribution in [0.15, 0.2) is 52.2 Å². The van der Waals surface area contributed by atoms with Gasteiger partial charge in [0.25, 0.3) is 0 Å². The second-order valence-electron chi connectivity index (χ2n) is 5.99. The van der Waals surface area contributed by atoms with Crippen LogP contribution in [0.4, 0.5) is 11.5 Å². The molecule has 128 valence electrons. The highest BCUT2D eigenvalue weighted by Gasteiger charge is 2.21. The Morgan fingerprint density at radius 3 is 3.12 bits per heavy atom. The van der Waals surface area contributed by atoms with Gasteiger partial charge in [-0.05, 0) is 24.1 Å². The van der Waals surface area contributed by atoms with Gasteiger partial charge >= 0.3 is 5.97 Å². The van der Waals surface area contributed by atoms with Gasteiger partial charge in [0.15, 0.2) is 5.82 Å². The van der Waals surface area contributed by atoms with Crippen LogP contribution in [0.5, 0.6) is 0 Å². The molecule has 0 saturated heterocycles. The van der Waals surface area contributed by atoms with E-state index in [1.54, 1.807) is 24.2 Å². The highest BCUT2D eigenvalue weighted by Crippen LogP contribution is 2.42. The Bertz CT molecular complexity index is 853. The fourth-order valence-electron chi connectivity index (χ4n) is 3.06. The highest BCUT2D eigenvalue weighted by atomic mass is 32.2. The number of methoxy groups -OCH3 is 1. The van der Waals surface area contributed by atoms with Crippen LogP contribution in [0.1, 0.15) is 12.0 Å². The van der Waals surface area contributed by atoms with Crippen LogP contribution < -0.4 is 5.32 Å². The first-order valence-electron chi connectivity index (χ1n) is 8.11. The molecule has 6 nitrogen and oxygen atoms in total. The Morgan fingerprint density at radius 2 is 2.24 bits per heavy atom. The van der Waals surface area contributed by atoms with E-state index in [1.807, 2.05) is 6.08 Å². The van der Waals surface area contributed by atoms with Crippen molar-refractivity contribution in [2.24, 2.45) is 0 Å². The largest absolute Gasteiger partial charge is 0.466 e. The maximum absolute atomic E-state index is 11.7. The Labute approximate surface area is 150 Å². The molecule has 0 fully saturated rings. The van der Waals surface area contributed by atoms with Crippen LogP contribution in [0.25, 0.3) is 0 Å². The van der Waals surface area contributed by atoms with Crippen LogP contribution in [-0.2, 0) is 16.1 Å². The molecule has 2 aromatic rings. The molecule has 25 heavy (non-hydrogen) atoms. The number of esters is 1. The van der Waals surface area contributed by atoms with E-state index in [9.17, 15) is 4.79 Å². The molecule has 0 aliphatic carbocycles. The summed E-state index contributed by atoms with van der Waals surface area (Å²) >= 11 is 1.62. The lowest BCUT2D eigenvalue weighted by Crippen LogP contribution is -2.32. The minimum atomic E-state index is -0.233.